The second-order valence-electron chi connectivity index (χ2n) is 5.18. The molecular formula is C14H17BrCl2CrNSi. The van der Waals surface area contributed by atoms with E-state index in [-0.39, 0.29) is 29.1 Å². The first-order valence-electron chi connectivity index (χ1n) is 6.11. The van der Waals surface area contributed by atoms with Gasteiger partial charge in [0.05, 0.1) is 0 Å². The summed E-state index contributed by atoms with van der Waals surface area (Å²) in [6.07, 6.45) is 10.9. The van der Waals surface area contributed by atoms with Crippen molar-refractivity contribution in [3.05, 3.63) is 53.5 Å². The minimum Gasteiger partial charge on any atom is -1.00 e. The summed E-state index contributed by atoms with van der Waals surface area (Å²) in [5, 5.41) is 1.47. The Morgan fingerprint density at radius 1 is 1.30 bits per heavy atom. The van der Waals surface area contributed by atoms with Gasteiger partial charge in [-0.3, -0.25) is 0 Å². The Bertz CT molecular complexity index is 488. The van der Waals surface area contributed by atoms with Crippen molar-refractivity contribution in [3.8, 4) is 0 Å². The van der Waals surface area contributed by atoms with Gasteiger partial charge in [0.15, 0.2) is 0 Å². The number of rotatable bonds is 4. The molecule has 1 aliphatic rings. The van der Waals surface area contributed by atoms with E-state index in [1.54, 1.807) is 0 Å². The van der Waals surface area contributed by atoms with Crippen molar-refractivity contribution in [3.63, 3.8) is 0 Å². The number of aromatic nitrogens is 1. The third-order valence-electron chi connectivity index (χ3n) is 3.13. The molecule has 0 saturated carbocycles. The molecule has 2 rings (SSSR count). The Labute approximate surface area is 151 Å². The number of allylic oxidation sites excluding steroid dienone is 4. The van der Waals surface area contributed by atoms with Crippen LogP contribution in [0.2, 0.25) is 17.4 Å². The summed E-state index contributed by atoms with van der Waals surface area (Å²) >= 11 is 7.18. The summed E-state index contributed by atoms with van der Waals surface area (Å²) in [4.78, 5) is 4.38. The third-order valence-corrected chi connectivity index (χ3v) is 6.90. The molecule has 6 heteroatoms. The summed E-state index contributed by atoms with van der Waals surface area (Å²) in [5.41, 5.74) is 1.16. The van der Waals surface area contributed by atoms with Crippen molar-refractivity contribution >= 4 is 22.0 Å². The molecule has 0 amide bonds. The molecule has 1 aliphatic carbocycles. The maximum absolute atomic E-state index is 4.38. The smallest absolute Gasteiger partial charge is 1.00 e. The molecule has 1 nitrogen and oxygen atoms in total. The number of aryl methyl sites for hydroxylation is 1. The van der Waals surface area contributed by atoms with Crippen molar-refractivity contribution in [1.82, 2.24) is 4.98 Å². The molecule has 0 bridgehead atoms. The molecule has 1 aromatic heterocycles. The Morgan fingerprint density at radius 3 is 2.50 bits per heavy atom. The Hall–Kier alpha value is 0.439. The monoisotopic (exact) mass is 428 g/mol. The fraction of sp³-hybridized carbons (Fsp3) is 0.357. The minimum absolute atomic E-state index is 0. The van der Waals surface area contributed by atoms with E-state index in [9.17, 15) is 0 Å². The summed E-state index contributed by atoms with van der Waals surface area (Å²) in [5.74, 6) is 0. The SMILES string of the molecule is C[Si](C)(Br)C1=C[C]([Cr+2])(CCc2ccccn2)C=C1.[Cl-].[Cl-]. The molecular weight excluding hydrogens is 413 g/mol. The topological polar surface area (TPSA) is 12.9 Å². The standard InChI is InChI=1S/C14H17BrNSi.2ClH.Cr/c1-17(2,15)14-9-7-12(11-14)6-8-13-5-3-4-10-16-13;;;/h3-5,7,9-11H,6,8H2,1-2H3;2*1H;/q;;;+2/p-2. The maximum Gasteiger partial charge on any atom is -1.00 e. The van der Waals surface area contributed by atoms with Crippen molar-refractivity contribution in [2.45, 2.75) is 30.2 Å². The van der Waals surface area contributed by atoms with Gasteiger partial charge >= 0.3 is 127 Å². The van der Waals surface area contributed by atoms with E-state index >= 15 is 0 Å². The quantitative estimate of drug-likeness (QED) is 0.413. The molecule has 0 spiro atoms. The van der Waals surface area contributed by atoms with Gasteiger partial charge in [-0.25, -0.2) is 0 Å². The molecule has 20 heavy (non-hydrogen) atoms. The second-order valence-corrected chi connectivity index (χ2v) is 15.8. The van der Waals surface area contributed by atoms with Gasteiger partial charge in [0.1, 0.15) is 0 Å². The van der Waals surface area contributed by atoms with Crippen molar-refractivity contribution in [2.24, 2.45) is 0 Å². The molecule has 0 N–H and O–H groups in total. The minimum atomic E-state index is -1.37. The largest absolute Gasteiger partial charge is 1.00 e. The molecule has 1 heterocycles. The molecule has 0 aliphatic heterocycles. The van der Waals surface area contributed by atoms with Crippen LogP contribution in [0.15, 0.2) is 47.8 Å². The van der Waals surface area contributed by atoms with Gasteiger partial charge in [-0.15, -0.1) is 0 Å². The van der Waals surface area contributed by atoms with E-state index in [1.807, 2.05) is 12.3 Å². The molecule has 109 valence electrons. The Kier molecular flexibility index (Phi) is 8.35. The molecule has 0 fully saturated rings. The van der Waals surface area contributed by atoms with E-state index in [2.05, 4.69) is 80.0 Å². The fourth-order valence-corrected chi connectivity index (χ4v) is 4.44. The second kappa shape index (κ2) is 8.17. The van der Waals surface area contributed by atoms with Crippen molar-refractivity contribution in [1.29, 1.82) is 0 Å². The number of nitrogens with zero attached hydrogens (tertiary/aromatic N) is 1. The average Bonchev–Trinajstić information content (AvgIpc) is 2.71. The van der Waals surface area contributed by atoms with Crippen LogP contribution in [0, 0.1) is 0 Å². The van der Waals surface area contributed by atoms with Crippen LogP contribution in [0.5, 0.6) is 0 Å². The predicted octanol–water partition coefficient (Wildman–Crippen LogP) is -1.64. The zero-order valence-electron chi connectivity index (χ0n) is 11.4. The summed E-state index contributed by atoms with van der Waals surface area (Å²) < 4.78 is 0.0743. The molecule has 0 saturated heterocycles. The third kappa shape index (κ3) is 5.67. The first-order chi connectivity index (χ1) is 8.39. The van der Waals surface area contributed by atoms with E-state index in [1.165, 1.54) is 5.20 Å². The van der Waals surface area contributed by atoms with Crippen LogP contribution in [0.25, 0.3) is 0 Å². The number of pyridine rings is 1. The zero-order chi connectivity index (χ0) is 13.2. The molecule has 0 radical (unpaired) electrons. The van der Waals surface area contributed by atoms with Gasteiger partial charge < -0.3 is 24.8 Å². The normalized spacial score (nSPS) is 20.8. The summed E-state index contributed by atoms with van der Waals surface area (Å²) in [6, 6.07) is 6.11. The first-order valence-corrected chi connectivity index (χ1v) is 12.0. The van der Waals surface area contributed by atoms with Gasteiger partial charge in [-0.1, -0.05) is 0 Å². The van der Waals surface area contributed by atoms with E-state index < -0.39 is 6.69 Å². The number of hydrogen-bond donors (Lipinski definition) is 0. The van der Waals surface area contributed by atoms with Crippen LogP contribution in [0.1, 0.15) is 12.1 Å². The van der Waals surface area contributed by atoms with Gasteiger partial charge in [0.2, 0.25) is 0 Å². The zero-order valence-corrected chi connectivity index (χ0v) is 16.8. The molecule has 1 unspecified atom stereocenters. The Balaban J connectivity index is 0.00000180. The molecule has 1 aromatic rings. The Morgan fingerprint density at radius 2 is 2.00 bits per heavy atom. The first kappa shape index (κ1) is 20.4. The summed E-state index contributed by atoms with van der Waals surface area (Å²) in [7, 11) is 0. The van der Waals surface area contributed by atoms with Crippen molar-refractivity contribution < 1.29 is 41.1 Å². The summed E-state index contributed by atoms with van der Waals surface area (Å²) in [6.45, 7) is 3.26. The van der Waals surface area contributed by atoms with E-state index in [4.69, 9.17) is 0 Å². The average molecular weight is 430 g/mol. The maximum atomic E-state index is 4.38. The van der Waals surface area contributed by atoms with Crippen LogP contribution < -0.4 is 24.8 Å². The van der Waals surface area contributed by atoms with Crippen molar-refractivity contribution in [2.75, 3.05) is 0 Å². The molecule has 1 atom stereocenters. The predicted molar refractivity (Wildman–Crippen MR) is 78.9 cm³/mol. The number of hydrogen-bond acceptors (Lipinski definition) is 1. The van der Waals surface area contributed by atoms with Crippen LogP contribution >= 0.6 is 15.3 Å². The van der Waals surface area contributed by atoms with Gasteiger partial charge in [0.25, 0.3) is 0 Å². The van der Waals surface area contributed by atoms with Crippen LogP contribution in [0.3, 0.4) is 0 Å². The van der Waals surface area contributed by atoms with Gasteiger partial charge in [0, 0.05) is 0 Å². The van der Waals surface area contributed by atoms with E-state index in [0.29, 0.717) is 0 Å². The van der Waals surface area contributed by atoms with Crippen LogP contribution in [-0.4, -0.2) is 11.7 Å². The number of halogens is 3. The van der Waals surface area contributed by atoms with E-state index in [0.717, 1.165) is 18.5 Å². The van der Waals surface area contributed by atoms with Gasteiger partial charge in [-0.05, 0) is 0 Å². The molecule has 0 aromatic carbocycles. The van der Waals surface area contributed by atoms with Crippen LogP contribution in [-0.2, 0) is 22.7 Å². The fourth-order valence-electron chi connectivity index (χ4n) is 1.99. The van der Waals surface area contributed by atoms with Gasteiger partial charge in [-0.2, -0.15) is 0 Å². The van der Waals surface area contributed by atoms with Crippen LogP contribution in [0.4, 0.5) is 0 Å².